The Bertz CT molecular complexity index is 492. The summed E-state index contributed by atoms with van der Waals surface area (Å²) in [5.41, 5.74) is 1.74. The minimum atomic E-state index is -0.466. The first-order valence-corrected chi connectivity index (χ1v) is 6.23. The summed E-state index contributed by atoms with van der Waals surface area (Å²) in [7, 11) is 1.32. The lowest BCUT2D eigenvalue weighted by molar-refractivity contribution is -0.124. The SMILES string of the molecule is COC(=O)c1cc(C)ccc1NC(=O)C1CCCO1. The van der Waals surface area contributed by atoms with E-state index in [1.54, 1.807) is 12.1 Å². The number of carbonyl (C=O) groups is 2. The van der Waals surface area contributed by atoms with Gasteiger partial charge in [-0.1, -0.05) is 11.6 Å². The Morgan fingerprint density at radius 3 is 2.84 bits per heavy atom. The molecule has 1 atom stereocenters. The summed E-state index contributed by atoms with van der Waals surface area (Å²) < 4.78 is 10.0. The average Bonchev–Trinajstić information content (AvgIpc) is 2.94. The maximum Gasteiger partial charge on any atom is 0.339 e. The molecule has 0 aromatic heterocycles. The normalized spacial score (nSPS) is 18.1. The number of esters is 1. The number of hydrogen-bond acceptors (Lipinski definition) is 4. The van der Waals surface area contributed by atoms with Crippen LogP contribution in [0.25, 0.3) is 0 Å². The standard InChI is InChI=1S/C14H17NO4/c1-9-5-6-11(10(8-9)14(17)18-2)15-13(16)12-4-3-7-19-12/h5-6,8,12H,3-4,7H2,1-2H3,(H,15,16). The molecular weight excluding hydrogens is 246 g/mol. The second-order valence-electron chi connectivity index (χ2n) is 4.53. The van der Waals surface area contributed by atoms with Crippen LogP contribution in [0.3, 0.4) is 0 Å². The van der Waals surface area contributed by atoms with Gasteiger partial charge >= 0.3 is 5.97 Å². The molecule has 0 aliphatic carbocycles. The highest BCUT2D eigenvalue weighted by Gasteiger charge is 2.25. The largest absolute Gasteiger partial charge is 0.465 e. The van der Waals surface area contributed by atoms with E-state index in [9.17, 15) is 9.59 Å². The van der Waals surface area contributed by atoms with Crippen molar-refractivity contribution in [2.75, 3.05) is 19.0 Å². The van der Waals surface area contributed by atoms with Gasteiger partial charge in [0.2, 0.25) is 0 Å². The Morgan fingerprint density at radius 2 is 2.21 bits per heavy atom. The molecule has 1 aromatic carbocycles. The van der Waals surface area contributed by atoms with Gasteiger partial charge in [0.1, 0.15) is 6.10 Å². The average molecular weight is 263 g/mol. The quantitative estimate of drug-likeness (QED) is 0.846. The van der Waals surface area contributed by atoms with E-state index >= 15 is 0 Å². The zero-order valence-corrected chi connectivity index (χ0v) is 11.1. The van der Waals surface area contributed by atoms with Gasteiger partial charge in [-0.05, 0) is 31.9 Å². The maximum atomic E-state index is 12.0. The molecule has 1 saturated heterocycles. The van der Waals surface area contributed by atoms with E-state index in [4.69, 9.17) is 9.47 Å². The Kier molecular flexibility index (Phi) is 4.16. The van der Waals surface area contributed by atoms with Gasteiger partial charge < -0.3 is 14.8 Å². The Hall–Kier alpha value is -1.88. The molecule has 1 amide bonds. The molecule has 2 rings (SSSR count). The fraction of sp³-hybridized carbons (Fsp3) is 0.429. The van der Waals surface area contributed by atoms with E-state index in [1.807, 2.05) is 13.0 Å². The molecule has 0 saturated carbocycles. The first-order valence-electron chi connectivity index (χ1n) is 6.23. The molecule has 1 fully saturated rings. The van der Waals surface area contributed by atoms with Crippen LogP contribution in [0, 0.1) is 6.92 Å². The molecular formula is C14H17NO4. The summed E-state index contributed by atoms with van der Waals surface area (Å²) in [6.45, 7) is 2.48. The molecule has 0 bridgehead atoms. The van der Waals surface area contributed by atoms with Gasteiger partial charge in [-0.25, -0.2) is 4.79 Å². The predicted octanol–water partition coefficient (Wildman–Crippen LogP) is 1.90. The van der Waals surface area contributed by atoms with Crippen LogP contribution in [-0.4, -0.2) is 31.7 Å². The van der Waals surface area contributed by atoms with Gasteiger partial charge in [-0.15, -0.1) is 0 Å². The molecule has 0 spiro atoms. The zero-order chi connectivity index (χ0) is 13.8. The van der Waals surface area contributed by atoms with Crippen LogP contribution in [0.1, 0.15) is 28.8 Å². The zero-order valence-electron chi connectivity index (χ0n) is 11.1. The van der Waals surface area contributed by atoms with Crippen LogP contribution < -0.4 is 5.32 Å². The molecule has 1 aromatic rings. The Morgan fingerprint density at radius 1 is 1.42 bits per heavy atom. The maximum absolute atomic E-state index is 12.0. The summed E-state index contributed by atoms with van der Waals surface area (Å²) in [4.78, 5) is 23.7. The highest BCUT2D eigenvalue weighted by Crippen LogP contribution is 2.20. The molecule has 5 nitrogen and oxygen atoms in total. The second kappa shape index (κ2) is 5.84. The summed E-state index contributed by atoms with van der Waals surface area (Å²) in [6, 6.07) is 5.23. The monoisotopic (exact) mass is 263 g/mol. The van der Waals surface area contributed by atoms with E-state index in [-0.39, 0.29) is 5.91 Å². The topological polar surface area (TPSA) is 64.6 Å². The van der Waals surface area contributed by atoms with Gasteiger partial charge in [-0.2, -0.15) is 0 Å². The molecule has 102 valence electrons. The molecule has 19 heavy (non-hydrogen) atoms. The number of aryl methyl sites for hydroxylation is 1. The van der Waals surface area contributed by atoms with Crippen molar-refractivity contribution in [1.82, 2.24) is 0 Å². The van der Waals surface area contributed by atoms with Crippen molar-refractivity contribution in [2.45, 2.75) is 25.9 Å². The van der Waals surface area contributed by atoms with Crippen LogP contribution in [0.15, 0.2) is 18.2 Å². The number of carbonyl (C=O) groups excluding carboxylic acids is 2. The van der Waals surface area contributed by atoms with Crippen molar-refractivity contribution in [1.29, 1.82) is 0 Å². The number of amides is 1. The molecule has 1 N–H and O–H groups in total. The molecule has 5 heteroatoms. The number of methoxy groups -OCH3 is 1. The van der Waals surface area contributed by atoms with E-state index in [0.29, 0.717) is 24.3 Å². The molecule has 1 aliphatic rings. The van der Waals surface area contributed by atoms with E-state index in [0.717, 1.165) is 12.0 Å². The van der Waals surface area contributed by atoms with E-state index in [2.05, 4.69) is 5.32 Å². The van der Waals surface area contributed by atoms with Crippen LogP contribution in [0.2, 0.25) is 0 Å². The van der Waals surface area contributed by atoms with Crippen molar-refractivity contribution in [3.8, 4) is 0 Å². The van der Waals surface area contributed by atoms with E-state index in [1.165, 1.54) is 7.11 Å². The van der Waals surface area contributed by atoms with Gasteiger partial charge in [0.05, 0.1) is 18.4 Å². The van der Waals surface area contributed by atoms with Gasteiger partial charge in [0.15, 0.2) is 0 Å². The number of anilines is 1. The van der Waals surface area contributed by atoms with Crippen LogP contribution in [-0.2, 0) is 14.3 Å². The van der Waals surface area contributed by atoms with Crippen LogP contribution in [0.4, 0.5) is 5.69 Å². The third kappa shape index (κ3) is 3.12. The lowest BCUT2D eigenvalue weighted by Gasteiger charge is -2.13. The second-order valence-corrected chi connectivity index (χ2v) is 4.53. The fourth-order valence-electron chi connectivity index (χ4n) is 2.04. The Balaban J connectivity index is 2.19. The summed E-state index contributed by atoms with van der Waals surface area (Å²) in [5, 5.41) is 2.73. The summed E-state index contributed by atoms with van der Waals surface area (Å²) in [5.74, 6) is -0.683. The van der Waals surface area contributed by atoms with Crippen LogP contribution in [0.5, 0.6) is 0 Å². The number of ether oxygens (including phenoxy) is 2. The highest BCUT2D eigenvalue weighted by atomic mass is 16.5. The van der Waals surface area contributed by atoms with Crippen molar-refractivity contribution < 1.29 is 19.1 Å². The van der Waals surface area contributed by atoms with Gasteiger partial charge in [-0.3, -0.25) is 4.79 Å². The van der Waals surface area contributed by atoms with Crippen molar-refractivity contribution in [2.24, 2.45) is 0 Å². The highest BCUT2D eigenvalue weighted by molar-refractivity contribution is 6.02. The third-order valence-electron chi connectivity index (χ3n) is 3.06. The molecule has 1 aliphatic heterocycles. The number of hydrogen-bond donors (Lipinski definition) is 1. The minimum Gasteiger partial charge on any atom is -0.465 e. The minimum absolute atomic E-state index is 0.216. The molecule has 1 unspecified atom stereocenters. The van der Waals surface area contributed by atoms with Crippen molar-refractivity contribution in [3.05, 3.63) is 29.3 Å². The van der Waals surface area contributed by atoms with Crippen LogP contribution >= 0.6 is 0 Å². The number of benzene rings is 1. The van der Waals surface area contributed by atoms with Gasteiger partial charge in [0.25, 0.3) is 5.91 Å². The van der Waals surface area contributed by atoms with E-state index < -0.39 is 12.1 Å². The smallest absolute Gasteiger partial charge is 0.339 e. The molecule has 1 heterocycles. The number of nitrogens with one attached hydrogen (secondary N) is 1. The first kappa shape index (κ1) is 13.5. The predicted molar refractivity (Wildman–Crippen MR) is 70.1 cm³/mol. The molecule has 0 radical (unpaired) electrons. The third-order valence-corrected chi connectivity index (χ3v) is 3.06. The number of rotatable bonds is 3. The van der Waals surface area contributed by atoms with Crippen molar-refractivity contribution >= 4 is 17.6 Å². The van der Waals surface area contributed by atoms with Crippen molar-refractivity contribution in [3.63, 3.8) is 0 Å². The first-order chi connectivity index (χ1) is 9.11. The summed E-state index contributed by atoms with van der Waals surface area (Å²) >= 11 is 0. The lowest BCUT2D eigenvalue weighted by Crippen LogP contribution is -2.27. The Labute approximate surface area is 111 Å². The fourth-order valence-corrected chi connectivity index (χ4v) is 2.04. The lowest BCUT2D eigenvalue weighted by atomic mass is 10.1. The van der Waals surface area contributed by atoms with Gasteiger partial charge in [0, 0.05) is 6.61 Å². The summed E-state index contributed by atoms with van der Waals surface area (Å²) in [6.07, 6.45) is 1.17.